The van der Waals surface area contributed by atoms with Gasteiger partial charge < -0.3 is 5.73 Å². The van der Waals surface area contributed by atoms with Crippen LogP contribution in [0.1, 0.15) is 11.3 Å². The fourth-order valence-electron chi connectivity index (χ4n) is 2.16. The molecule has 3 rings (SSSR count). The Balaban J connectivity index is 1.99. The molecule has 1 heterocycles. The standard InChI is InChI=1S/C18H10Cl2F2N4O2S/c19-10-1-5-13(20)16(9-10)29(27,28)26-15-7-6-14(21)12(18(15)22)4-2-11-3-8-17(23)25-24-11/h1,3,5-9,26H,(H2,23,25). The minimum Gasteiger partial charge on any atom is -0.382 e. The minimum absolute atomic E-state index is 0.116. The molecule has 0 radical (unpaired) electrons. The van der Waals surface area contributed by atoms with Crippen LogP contribution in [0.4, 0.5) is 20.3 Å². The maximum absolute atomic E-state index is 14.7. The number of nitrogens with zero attached hydrogens (tertiary/aromatic N) is 2. The first-order chi connectivity index (χ1) is 13.7. The van der Waals surface area contributed by atoms with Crippen molar-refractivity contribution >= 4 is 44.7 Å². The fraction of sp³-hybridized carbons (Fsp3) is 0. The van der Waals surface area contributed by atoms with Crippen molar-refractivity contribution in [3.63, 3.8) is 0 Å². The highest BCUT2D eigenvalue weighted by Gasteiger charge is 2.22. The van der Waals surface area contributed by atoms with Crippen molar-refractivity contribution < 1.29 is 17.2 Å². The van der Waals surface area contributed by atoms with Gasteiger partial charge in [-0.05, 0) is 48.4 Å². The van der Waals surface area contributed by atoms with E-state index in [1.807, 2.05) is 4.72 Å². The summed E-state index contributed by atoms with van der Waals surface area (Å²) in [5.74, 6) is 2.68. The third-order valence-corrected chi connectivity index (χ3v) is 5.60. The fourth-order valence-corrected chi connectivity index (χ4v) is 3.99. The quantitative estimate of drug-likeness (QED) is 0.585. The average Bonchev–Trinajstić information content (AvgIpc) is 2.67. The largest absolute Gasteiger partial charge is 0.382 e. The number of aromatic nitrogens is 2. The number of benzene rings is 2. The first-order valence-electron chi connectivity index (χ1n) is 7.74. The Labute approximate surface area is 174 Å². The van der Waals surface area contributed by atoms with Crippen LogP contribution in [0.15, 0.2) is 47.4 Å². The molecule has 0 aliphatic carbocycles. The van der Waals surface area contributed by atoms with E-state index in [-0.39, 0.29) is 26.5 Å². The maximum Gasteiger partial charge on any atom is 0.263 e. The van der Waals surface area contributed by atoms with E-state index >= 15 is 0 Å². The van der Waals surface area contributed by atoms with Crippen molar-refractivity contribution in [1.82, 2.24) is 10.2 Å². The van der Waals surface area contributed by atoms with Crippen LogP contribution in [0.25, 0.3) is 0 Å². The summed E-state index contributed by atoms with van der Waals surface area (Å²) in [6.07, 6.45) is 0. The van der Waals surface area contributed by atoms with E-state index in [9.17, 15) is 17.2 Å². The van der Waals surface area contributed by atoms with Crippen LogP contribution in [0.5, 0.6) is 0 Å². The molecule has 148 valence electrons. The molecule has 3 aromatic rings. The molecule has 6 nitrogen and oxygen atoms in total. The smallest absolute Gasteiger partial charge is 0.263 e. The van der Waals surface area contributed by atoms with Crippen molar-refractivity contribution in [3.05, 3.63) is 75.4 Å². The molecule has 2 aromatic carbocycles. The van der Waals surface area contributed by atoms with E-state index in [0.29, 0.717) is 0 Å². The molecule has 3 N–H and O–H groups in total. The molecule has 0 unspecified atom stereocenters. The number of nitrogens with one attached hydrogen (secondary N) is 1. The maximum atomic E-state index is 14.7. The first kappa shape index (κ1) is 20.8. The Hall–Kier alpha value is -2.93. The molecule has 0 aliphatic heterocycles. The third-order valence-electron chi connectivity index (χ3n) is 3.52. The number of halogens is 4. The van der Waals surface area contributed by atoms with Gasteiger partial charge in [0.05, 0.1) is 16.3 Å². The zero-order valence-electron chi connectivity index (χ0n) is 14.2. The Morgan fingerprint density at radius 3 is 2.45 bits per heavy atom. The monoisotopic (exact) mass is 454 g/mol. The average molecular weight is 455 g/mol. The van der Waals surface area contributed by atoms with Gasteiger partial charge in [-0.3, -0.25) is 4.72 Å². The molecule has 0 atom stereocenters. The molecule has 0 saturated heterocycles. The van der Waals surface area contributed by atoms with E-state index in [1.54, 1.807) is 0 Å². The molecule has 1 aromatic heterocycles. The van der Waals surface area contributed by atoms with E-state index in [1.165, 1.54) is 24.3 Å². The lowest BCUT2D eigenvalue weighted by atomic mass is 10.1. The topological polar surface area (TPSA) is 98.0 Å². The summed E-state index contributed by atoms with van der Waals surface area (Å²) in [5, 5.41) is 7.23. The highest BCUT2D eigenvalue weighted by atomic mass is 35.5. The molecule has 29 heavy (non-hydrogen) atoms. The van der Waals surface area contributed by atoms with Gasteiger partial charge in [-0.2, -0.15) is 0 Å². The Bertz CT molecular complexity index is 1260. The number of hydrogen-bond acceptors (Lipinski definition) is 5. The summed E-state index contributed by atoms with van der Waals surface area (Å²) >= 11 is 11.7. The Kier molecular flexibility index (Phi) is 5.88. The molecule has 11 heteroatoms. The van der Waals surface area contributed by atoms with E-state index in [4.69, 9.17) is 28.9 Å². The van der Waals surface area contributed by atoms with Crippen molar-refractivity contribution in [2.75, 3.05) is 10.5 Å². The molecule has 0 saturated carbocycles. The molecule has 0 fully saturated rings. The second-order valence-corrected chi connectivity index (χ2v) is 8.05. The van der Waals surface area contributed by atoms with Crippen molar-refractivity contribution in [3.8, 4) is 11.8 Å². The summed E-state index contributed by atoms with van der Waals surface area (Å²) < 4.78 is 55.9. The van der Waals surface area contributed by atoms with Gasteiger partial charge in [-0.15, -0.1) is 10.2 Å². The highest BCUT2D eigenvalue weighted by Crippen LogP contribution is 2.28. The van der Waals surface area contributed by atoms with Gasteiger partial charge in [0, 0.05) is 5.02 Å². The molecule has 0 amide bonds. The molecule has 0 aliphatic rings. The zero-order valence-corrected chi connectivity index (χ0v) is 16.6. The van der Waals surface area contributed by atoms with Gasteiger partial charge in [0.2, 0.25) is 0 Å². The molecular weight excluding hydrogens is 445 g/mol. The number of hydrogen-bond donors (Lipinski definition) is 2. The first-order valence-corrected chi connectivity index (χ1v) is 9.98. The van der Waals surface area contributed by atoms with Crippen LogP contribution >= 0.6 is 23.2 Å². The van der Waals surface area contributed by atoms with Crippen molar-refractivity contribution in [2.45, 2.75) is 4.90 Å². The molecule has 0 spiro atoms. The number of anilines is 2. The van der Waals surface area contributed by atoms with Gasteiger partial charge in [-0.1, -0.05) is 29.1 Å². The van der Waals surface area contributed by atoms with Crippen molar-refractivity contribution in [1.29, 1.82) is 0 Å². The highest BCUT2D eigenvalue weighted by molar-refractivity contribution is 7.92. The Morgan fingerprint density at radius 2 is 1.76 bits per heavy atom. The minimum atomic E-state index is -4.30. The summed E-state index contributed by atoms with van der Waals surface area (Å²) in [6, 6.07) is 8.42. The number of rotatable bonds is 3. The lowest BCUT2D eigenvalue weighted by Gasteiger charge is -2.11. The lowest BCUT2D eigenvalue weighted by molar-refractivity contribution is 0.578. The lowest BCUT2D eigenvalue weighted by Crippen LogP contribution is -2.15. The van der Waals surface area contributed by atoms with Crippen LogP contribution in [-0.4, -0.2) is 18.6 Å². The Morgan fingerprint density at radius 1 is 1.00 bits per heavy atom. The second kappa shape index (κ2) is 8.21. The summed E-state index contributed by atoms with van der Waals surface area (Å²) in [4.78, 5) is -0.361. The number of nitrogen functional groups attached to an aromatic ring is 1. The van der Waals surface area contributed by atoms with E-state index in [0.717, 1.165) is 18.2 Å². The summed E-state index contributed by atoms with van der Waals surface area (Å²) in [5.41, 5.74) is 4.35. The van der Waals surface area contributed by atoms with Gasteiger partial charge >= 0.3 is 0 Å². The van der Waals surface area contributed by atoms with Gasteiger partial charge in [0.15, 0.2) is 5.82 Å². The summed E-state index contributed by atoms with van der Waals surface area (Å²) in [7, 11) is -4.30. The van der Waals surface area contributed by atoms with Crippen molar-refractivity contribution in [2.24, 2.45) is 0 Å². The third kappa shape index (κ3) is 4.74. The van der Waals surface area contributed by atoms with Crippen LogP contribution in [0.2, 0.25) is 10.0 Å². The normalized spacial score (nSPS) is 10.9. The molecular formula is C18H10Cl2F2N4O2S. The van der Waals surface area contributed by atoms with E-state index in [2.05, 4.69) is 22.0 Å². The van der Waals surface area contributed by atoms with Crippen LogP contribution in [0, 0.1) is 23.5 Å². The summed E-state index contributed by atoms with van der Waals surface area (Å²) in [6.45, 7) is 0. The predicted octanol–water partition coefficient (Wildman–Crippen LogP) is 3.84. The zero-order chi connectivity index (χ0) is 21.2. The second-order valence-electron chi connectivity index (χ2n) is 5.56. The van der Waals surface area contributed by atoms with Gasteiger partial charge in [0.1, 0.15) is 22.2 Å². The van der Waals surface area contributed by atoms with Crippen LogP contribution in [0.3, 0.4) is 0 Å². The van der Waals surface area contributed by atoms with E-state index < -0.39 is 32.9 Å². The molecule has 0 bridgehead atoms. The van der Waals surface area contributed by atoms with Crippen LogP contribution in [-0.2, 0) is 10.0 Å². The number of nitrogens with two attached hydrogens (primary N) is 1. The van der Waals surface area contributed by atoms with Gasteiger partial charge in [-0.25, -0.2) is 17.2 Å². The SMILES string of the molecule is Nc1ccc(C#Cc2c(F)ccc(NS(=O)(=O)c3cc(Cl)ccc3Cl)c2F)nn1. The van der Waals surface area contributed by atoms with Crippen LogP contribution < -0.4 is 10.5 Å². The predicted molar refractivity (Wildman–Crippen MR) is 106 cm³/mol. The number of sulfonamides is 1. The van der Waals surface area contributed by atoms with Gasteiger partial charge in [0.25, 0.3) is 10.0 Å².